The van der Waals surface area contributed by atoms with Crippen molar-refractivity contribution in [3.63, 3.8) is 0 Å². The summed E-state index contributed by atoms with van der Waals surface area (Å²) in [6.45, 7) is 0. The van der Waals surface area contributed by atoms with Crippen molar-refractivity contribution in [1.82, 2.24) is 0 Å². The maximum atomic E-state index is 12.5. The monoisotopic (exact) mass is 520 g/mol. The van der Waals surface area contributed by atoms with Crippen molar-refractivity contribution in [3.05, 3.63) is 87.6 Å². The molecule has 0 bridgehead atoms. The van der Waals surface area contributed by atoms with Gasteiger partial charge in [0.15, 0.2) is 28.8 Å². The summed E-state index contributed by atoms with van der Waals surface area (Å²) in [5.41, 5.74) is 2.40. The largest absolute Gasteiger partial charge is 0.493 e. The maximum Gasteiger partial charge on any atom is 0.269 e. The first-order chi connectivity index (χ1) is 18.3. The molecule has 0 aliphatic heterocycles. The average molecular weight is 521 g/mol. The zero-order valence-corrected chi connectivity index (χ0v) is 21.6. The number of rotatable bonds is 12. The normalized spacial score (nSPS) is 10.9. The van der Waals surface area contributed by atoms with Crippen LogP contribution in [0.2, 0.25) is 0 Å². The van der Waals surface area contributed by atoms with E-state index in [1.54, 1.807) is 21.3 Å². The van der Waals surface area contributed by atoms with E-state index in [9.17, 15) is 14.9 Å². The molecular formula is C28H28N2O8. The molecule has 0 fully saturated rings. The molecule has 3 rings (SSSR count). The minimum atomic E-state index is -0.519. The molecule has 10 nitrogen and oxygen atoms in total. The van der Waals surface area contributed by atoms with Gasteiger partial charge >= 0.3 is 0 Å². The zero-order chi connectivity index (χ0) is 27.7. The Morgan fingerprint density at radius 2 is 1.26 bits per heavy atom. The molecule has 0 radical (unpaired) electrons. The van der Waals surface area contributed by atoms with E-state index in [0.29, 0.717) is 40.0 Å². The molecule has 0 unspecified atom stereocenters. The van der Waals surface area contributed by atoms with Crippen LogP contribution in [0.4, 0.5) is 11.4 Å². The minimum absolute atomic E-state index is 0.0862. The van der Waals surface area contributed by atoms with Gasteiger partial charge in [-0.2, -0.15) is 0 Å². The fourth-order valence-corrected chi connectivity index (χ4v) is 3.63. The van der Waals surface area contributed by atoms with Gasteiger partial charge in [0.05, 0.1) is 46.2 Å². The minimum Gasteiger partial charge on any atom is -0.493 e. The molecule has 0 atom stereocenters. The number of carbonyl (C=O) groups is 1. The molecule has 1 N–H and O–H groups in total. The van der Waals surface area contributed by atoms with E-state index in [1.807, 2.05) is 36.4 Å². The molecule has 3 aromatic carbocycles. The number of nitrogens with one attached hydrogen (secondary N) is 1. The number of hydrogen-bond donors (Lipinski definition) is 1. The predicted octanol–water partition coefficient (Wildman–Crippen LogP) is 5.62. The van der Waals surface area contributed by atoms with Crippen LogP contribution in [0.3, 0.4) is 0 Å². The first-order valence-electron chi connectivity index (χ1n) is 11.3. The van der Waals surface area contributed by atoms with Gasteiger partial charge in [-0.1, -0.05) is 12.2 Å². The summed E-state index contributed by atoms with van der Waals surface area (Å²) in [5, 5.41) is 13.9. The highest BCUT2D eigenvalue weighted by molar-refractivity contribution is 6.04. The van der Waals surface area contributed by atoms with Gasteiger partial charge < -0.3 is 29.0 Å². The second-order valence-electron chi connectivity index (χ2n) is 7.74. The van der Waals surface area contributed by atoms with Crippen LogP contribution in [0.5, 0.6) is 28.7 Å². The predicted molar refractivity (Wildman–Crippen MR) is 145 cm³/mol. The van der Waals surface area contributed by atoms with Crippen LogP contribution in [0.1, 0.15) is 21.5 Å². The first-order valence-corrected chi connectivity index (χ1v) is 11.3. The third-order valence-corrected chi connectivity index (χ3v) is 5.49. The van der Waals surface area contributed by atoms with E-state index in [1.165, 1.54) is 50.8 Å². The molecule has 0 amide bonds. The van der Waals surface area contributed by atoms with E-state index in [0.717, 1.165) is 11.1 Å². The van der Waals surface area contributed by atoms with Crippen molar-refractivity contribution in [2.75, 3.05) is 40.9 Å². The van der Waals surface area contributed by atoms with E-state index >= 15 is 0 Å². The number of methoxy groups -OCH3 is 5. The Kier molecular flexibility index (Phi) is 9.31. The van der Waals surface area contributed by atoms with Crippen LogP contribution in [0.25, 0.3) is 12.2 Å². The highest BCUT2D eigenvalue weighted by atomic mass is 16.6. The smallest absolute Gasteiger partial charge is 0.269 e. The van der Waals surface area contributed by atoms with Gasteiger partial charge in [-0.3, -0.25) is 14.9 Å². The molecule has 0 heterocycles. The van der Waals surface area contributed by atoms with Crippen molar-refractivity contribution in [1.29, 1.82) is 0 Å². The van der Waals surface area contributed by atoms with Crippen LogP contribution in [-0.2, 0) is 0 Å². The van der Waals surface area contributed by atoms with Crippen molar-refractivity contribution in [2.45, 2.75) is 0 Å². The van der Waals surface area contributed by atoms with Gasteiger partial charge in [0.1, 0.15) is 0 Å². The zero-order valence-electron chi connectivity index (χ0n) is 21.6. The summed E-state index contributed by atoms with van der Waals surface area (Å²) < 4.78 is 27.2. The topological polar surface area (TPSA) is 118 Å². The molecule has 198 valence electrons. The van der Waals surface area contributed by atoms with Crippen molar-refractivity contribution >= 4 is 29.3 Å². The lowest BCUT2D eigenvalue weighted by Gasteiger charge is -2.14. The highest BCUT2D eigenvalue weighted by Gasteiger charge is 2.14. The third kappa shape index (κ3) is 6.41. The van der Waals surface area contributed by atoms with E-state index in [2.05, 4.69) is 5.32 Å². The van der Waals surface area contributed by atoms with Crippen LogP contribution >= 0.6 is 0 Å². The summed E-state index contributed by atoms with van der Waals surface area (Å²) in [5.74, 6) is 2.17. The quantitative estimate of drug-likeness (QED) is 0.107. The summed E-state index contributed by atoms with van der Waals surface area (Å²) >= 11 is 0. The molecule has 0 saturated carbocycles. The fraction of sp³-hybridized carbons (Fsp3) is 0.179. The van der Waals surface area contributed by atoms with Gasteiger partial charge in [-0.05, 0) is 47.5 Å². The summed E-state index contributed by atoms with van der Waals surface area (Å²) in [4.78, 5) is 22.8. The van der Waals surface area contributed by atoms with Crippen molar-refractivity contribution < 1.29 is 33.4 Å². The van der Waals surface area contributed by atoms with E-state index in [-0.39, 0.29) is 11.5 Å². The number of nitrogens with zero attached hydrogens (tertiary/aromatic N) is 1. The summed E-state index contributed by atoms with van der Waals surface area (Å²) in [7, 11) is 7.69. The molecule has 0 aliphatic carbocycles. The maximum absolute atomic E-state index is 12.5. The van der Waals surface area contributed by atoms with Gasteiger partial charge in [-0.15, -0.1) is 0 Å². The number of anilines is 1. The number of allylic oxidation sites excluding steroid dienone is 1. The highest BCUT2D eigenvalue weighted by Crippen LogP contribution is 2.40. The Hall–Kier alpha value is -4.99. The average Bonchev–Trinajstić information content (AvgIpc) is 2.94. The van der Waals surface area contributed by atoms with Crippen LogP contribution < -0.4 is 29.0 Å². The Morgan fingerprint density at radius 1 is 0.763 bits per heavy atom. The van der Waals surface area contributed by atoms with E-state index in [4.69, 9.17) is 23.7 Å². The summed E-state index contributed by atoms with van der Waals surface area (Å²) in [6.07, 6.45) is 6.54. The van der Waals surface area contributed by atoms with Crippen LogP contribution in [0.15, 0.2) is 60.8 Å². The molecule has 0 aliphatic rings. The molecule has 10 heteroatoms. The number of nitro benzene ring substituents is 1. The second kappa shape index (κ2) is 12.8. The fourth-order valence-electron chi connectivity index (χ4n) is 3.63. The number of benzene rings is 3. The Morgan fingerprint density at radius 3 is 1.74 bits per heavy atom. The van der Waals surface area contributed by atoms with Crippen molar-refractivity contribution in [3.8, 4) is 28.7 Å². The number of hydrogen-bond acceptors (Lipinski definition) is 9. The molecule has 0 saturated heterocycles. The molecule has 0 aromatic heterocycles. The molecule has 0 spiro atoms. The number of carbonyl (C=O) groups excluding carboxylic acids is 1. The van der Waals surface area contributed by atoms with Gasteiger partial charge in [-0.25, -0.2) is 0 Å². The van der Waals surface area contributed by atoms with Crippen LogP contribution in [0, 0.1) is 10.1 Å². The molecular weight excluding hydrogens is 492 g/mol. The van der Waals surface area contributed by atoms with Gasteiger partial charge in [0, 0.05) is 30.0 Å². The molecule has 38 heavy (non-hydrogen) atoms. The number of ether oxygens (including phenoxy) is 5. The lowest BCUT2D eigenvalue weighted by Crippen LogP contribution is -2.00. The second-order valence-corrected chi connectivity index (χ2v) is 7.74. The SMILES string of the molecule is COc1cc(/C=C\c2cc(OC)c(OC)c(OC)c2)cc(N/C=C\C(=O)c2ccc([N+](=O)[O-])cc2)c1OC. The van der Waals surface area contributed by atoms with Gasteiger partial charge in [0.25, 0.3) is 5.69 Å². The first kappa shape index (κ1) is 27.6. The Labute approximate surface area is 220 Å². The molecule has 3 aromatic rings. The van der Waals surface area contributed by atoms with E-state index < -0.39 is 4.92 Å². The van der Waals surface area contributed by atoms with Crippen LogP contribution in [-0.4, -0.2) is 46.3 Å². The number of non-ortho nitro benzene ring substituents is 1. The standard InChI is InChI=1S/C28H28N2O8/c1-34-24-15-18(6-7-19-16-25(35-2)28(38-5)26(17-19)36-3)14-22(27(24)37-4)29-13-12-23(31)20-8-10-21(11-9-20)30(32)33/h6-17,29H,1-5H3/b7-6-,13-12-. The lowest BCUT2D eigenvalue weighted by atomic mass is 10.1. The lowest BCUT2D eigenvalue weighted by molar-refractivity contribution is -0.384. The van der Waals surface area contributed by atoms with Crippen molar-refractivity contribution in [2.24, 2.45) is 0 Å². The number of ketones is 1. The Balaban J connectivity index is 1.87. The summed E-state index contributed by atoms with van der Waals surface area (Å²) in [6, 6.07) is 12.7. The third-order valence-electron chi connectivity index (χ3n) is 5.49. The Bertz CT molecular complexity index is 1340. The van der Waals surface area contributed by atoms with Gasteiger partial charge in [0.2, 0.25) is 5.75 Å². The number of nitro groups is 1.